The number of rotatable bonds is 6. The van der Waals surface area contributed by atoms with Crippen molar-refractivity contribution < 1.29 is 8.42 Å². The third-order valence-electron chi connectivity index (χ3n) is 5.66. The molecular formula is C20H33N3O2S2. The van der Waals surface area contributed by atoms with Gasteiger partial charge in [0.25, 0.3) is 0 Å². The molecule has 2 rings (SSSR count). The van der Waals surface area contributed by atoms with E-state index in [1.54, 1.807) is 12.1 Å². The maximum atomic E-state index is 12.9. The van der Waals surface area contributed by atoms with Crippen LogP contribution >= 0.6 is 12.2 Å². The zero-order chi connectivity index (χ0) is 20.2. The van der Waals surface area contributed by atoms with Gasteiger partial charge in [0, 0.05) is 24.8 Å². The number of anilines is 1. The maximum absolute atomic E-state index is 12.9. The first-order valence-corrected chi connectivity index (χ1v) is 11.7. The molecule has 2 atom stereocenters. The lowest BCUT2D eigenvalue weighted by Gasteiger charge is -2.30. The molecule has 1 aromatic carbocycles. The van der Waals surface area contributed by atoms with Gasteiger partial charge in [0.1, 0.15) is 0 Å². The molecule has 0 saturated heterocycles. The highest BCUT2D eigenvalue weighted by atomic mass is 32.2. The van der Waals surface area contributed by atoms with Crippen molar-refractivity contribution in [2.24, 2.45) is 5.92 Å². The average molecular weight is 412 g/mol. The average Bonchev–Trinajstić information content (AvgIpc) is 2.61. The van der Waals surface area contributed by atoms with Gasteiger partial charge in [-0.25, -0.2) is 8.42 Å². The molecule has 27 heavy (non-hydrogen) atoms. The summed E-state index contributed by atoms with van der Waals surface area (Å²) in [5, 5.41) is 7.23. The van der Waals surface area contributed by atoms with Gasteiger partial charge >= 0.3 is 0 Å². The third-order valence-corrected chi connectivity index (χ3v) is 7.91. The van der Waals surface area contributed by atoms with Crippen molar-refractivity contribution in [3.05, 3.63) is 23.3 Å². The normalized spacial score (nSPS) is 20.5. The summed E-state index contributed by atoms with van der Waals surface area (Å²) in [6, 6.07) is 3.82. The Morgan fingerprint density at radius 3 is 2.41 bits per heavy atom. The summed E-state index contributed by atoms with van der Waals surface area (Å²) in [5.74, 6) is 0.593. The van der Waals surface area contributed by atoms with Crippen molar-refractivity contribution in [2.45, 2.75) is 71.2 Å². The van der Waals surface area contributed by atoms with Crippen molar-refractivity contribution in [3.8, 4) is 0 Å². The summed E-state index contributed by atoms with van der Waals surface area (Å²) in [7, 11) is -3.51. The van der Waals surface area contributed by atoms with Gasteiger partial charge in [-0.15, -0.1) is 0 Å². The molecule has 0 unspecified atom stereocenters. The molecule has 1 saturated carbocycles. The minimum atomic E-state index is -3.51. The van der Waals surface area contributed by atoms with Gasteiger partial charge < -0.3 is 10.6 Å². The van der Waals surface area contributed by atoms with E-state index < -0.39 is 10.0 Å². The Balaban J connectivity index is 2.24. The van der Waals surface area contributed by atoms with Crippen LogP contribution in [0.15, 0.2) is 17.0 Å². The van der Waals surface area contributed by atoms with Crippen LogP contribution in [0.25, 0.3) is 0 Å². The van der Waals surface area contributed by atoms with Gasteiger partial charge in [-0.1, -0.05) is 33.6 Å². The van der Waals surface area contributed by atoms with Crippen LogP contribution in [0.3, 0.4) is 0 Å². The molecule has 1 aliphatic rings. The van der Waals surface area contributed by atoms with Crippen molar-refractivity contribution in [3.63, 3.8) is 0 Å². The molecule has 1 fully saturated rings. The first-order valence-electron chi connectivity index (χ1n) is 9.89. The summed E-state index contributed by atoms with van der Waals surface area (Å²) in [6.45, 7) is 10.8. The quantitative estimate of drug-likeness (QED) is 0.687. The van der Waals surface area contributed by atoms with Crippen LogP contribution in [-0.4, -0.2) is 37.0 Å². The molecule has 0 aliphatic heterocycles. The summed E-state index contributed by atoms with van der Waals surface area (Å²) in [4.78, 5) is 0.311. The number of aryl methyl sites for hydroxylation is 1. The minimum absolute atomic E-state index is 0.311. The smallest absolute Gasteiger partial charge is 0.243 e. The number of hydrogen-bond donors (Lipinski definition) is 2. The second-order valence-electron chi connectivity index (χ2n) is 7.47. The van der Waals surface area contributed by atoms with Gasteiger partial charge in [-0.2, -0.15) is 4.31 Å². The van der Waals surface area contributed by atoms with E-state index in [9.17, 15) is 8.42 Å². The topological polar surface area (TPSA) is 61.4 Å². The first-order chi connectivity index (χ1) is 12.7. The molecule has 0 aromatic heterocycles. The first kappa shape index (κ1) is 22.1. The molecule has 0 spiro atoms. The summed E-state index contributed by atoms with van der Waals surface area (Å²) >= 11 is 5.52. The Bertz CT molecular complexity index is 774. The van der Waals surface area contributed by atoms with Crippen molar-refractivity contribution in [1.29, 1.82) is 0 Å². The van der Waals surface area contributed by atoms with Crippen LogP contribution in [0, 0.1) is 19.8 Å². The fourth-order valence-corrected chi connectivity index (χ4v) is 5.51. The Hall–Kier alpha value is -1.18. The second-order valence-corrected chi connectivity index (χ2v) is 9.81. The number of benzene rings is 1. The largest absolute Gasteiger partial charge is 0.359 e. The van der Waals surface area contributed by atoms with E-state index in [0.717, 1.165) is 23.2 Å². The SMILES string of the molecule is CCN(CC)S(=O)(=O)c1cc(C)c(C)c(NC(=S)N[C@H]2CCCC[C@H]2C)c1. The fourth-order valence-electron chi connectivity index (χ4n) is 3.68. The predicted octanol–water partition coefficient (Wildman–Crippen LogP) is 4.20. The van der Waals surface area contributed by atoms with Crippen LogP contribution in [0.2, 0.25) is 0 Å². The number of nitrogens with one attached hydrogen (secondary N) is 2. The predicted molar refractivity (Wildman–Crippen MR) is 117 cm³/mol. The Morgan fingerprint density at radius 2 is 1.81 bits per heavy atom. The van der Waals surface area contributed by atoms with E-state index in [-0.39, 0.29) is 0 Å². The highest BCUT2D eigenvalue weighted by Gasteiger charge is 2.24. The van der Waals surface area contributed by atoms with Crippen LogP contribution in [0.1, 0.15) is 57.6 Å². The van der Waals surface area contributed by atoms with Crippen LogP contribution in [-0.2, 0) is 10.0 Å². The lowest BCUT2D eigenvalue weighted by atomic mass is 9.86. The van der Waals surface area contributed by atoms with Gasteiger partial charge in [0.2, 0.25) is 10.0 Å². The monoisotopic (exact) mass is 411 g/mol. The Labute approximate surface area is 170 Å². The molecule has 5 nitrogen and oxygen atoms in total. The fraction of sp³-hybridized carbons (Fsp3) is 0.650. The number of thiocarbonyl (C=S) groups is 1. The second kappa shape index (κ2) is 9.34. The van der Waals surface area contributed by atoms with E-state index in [1.165, 1.54) is 23.6 Å². The zero-order valence-corrected chi connectivity index (χ0v) is 18.8. The van der Waals surface area contributed by atoms with E-state index in [4.69, 9.17) is 12.2 Å². The molecule has 2 N–H and O–H groups in total. The summed E-state index contributed by atoms with van der Waals surface area (Å²) < 4.78 is 27.3. The summed E-state index contributed by atoms with van der Waals surface area (Å²) in [6.07, 6.45) is 4.84. The standard InChI is InChI=1S/C20H33N3O2S2/c1-6-23(7-2)27(24,25)17-12-15(4)16(5)19(13-17)22-20(26)21-18-11-9-8-10-14(18)3/h12-14,18H,6-11H2,1-5H3,(H2,21,22,26)/t14-,18+/m1/s1. The van der Waals surface area contributed by atoms with Gasteiger partial charge in [0.15, 0.2) is 5.11 Å². The van der Waals surface area contributed by atoms with Crippen LogP contribution < -0.4 is 10.6 Å². The lowest BCUT2D eigenvalue weighted by Crippen LogP contribution is -2.43. The molecular weight excluding hydrogens is 378 g/mol. The van der Waals surface area contributed by atoms with Crippen LogP contribution in [0.4, 0.5) is 5.69 Å². The highest BCUT2D eigenvalue weighted by Crippen LogP contribution is 2.27. The molecule has 0 bridgehead atoms. The molecule has 0 heterocycles. The number of hydrogen-bond acceptors (Lipinski definition) is 3. The van der Waals surface area contributed by atoms with Crippen molar-refractivity contribution >= 4 is 33.0 Å². The molecule has 1 aromatic rings. The summed E-state index contributed by atoms with van der Waals surface area (Å²) in [5.41, 5.74) is 2.69. The maximum Gasteiger partial charge on any atom is 0.243 e. The lowest BCUT2D eigenvalue weighted by molar-refractivity contribution is 0.309. The highest BCUT2D eigenvalue weighted by molar-refractivity contribution is 7.89. The van der Waals surface area contributed by atoms with Crippen molar-refractivity contribution in [1.82, 2.24) is 9.62 Å². The third kappa shape index (κ3) is 5.21. The Kier molecular flexibility index (Phi) is 7.65. The van der Waals surface area contributed by atoms with Gasteiger partial charge in [-0.05, 0) is 68.1 Å². The van der Waals surface area contributed by atoms with Crippen LogP contribution in [0.5, 0.6) is 0 Å². The molecule has 0 radical (unpaired) electrons. The number of sulfonamides is 1. The van der Waals surface area contributed by atoms with E-state index in [2.05, 4.69) is 17.6 Å². The zero-order valence-electron chi connectivity index (χ0n) is 17.1. The van der Waals surface area contributed by atoms with Crippen molar-refractivity contribution in [2.75, 3.05) is 18.4 Å². The number of nitrogens with zero attached hydrogens (tertiary/aromatic N) is 1. The van der Waals surface area contributed by atoms with Gasteiger partial charge in [0.05, 0.1) is 4.90 Å². The molecule has 1 aliphatic carbocycles. The van der Waals surface area contributed by atoms with E-state index in [1.807, 2.05) is 27.7 Å². The Morgan fingerprint density at radius 1 is 1.19 bits per heavy atom. The minimum Gasteiger partial charge on any atom is -0.359 e. The molecule has 152 valence electrons. The van der Waals surface area contributed by atoms with E-state index >= 15 is 0 Å². The molecule has 7 heteroatoms. The van der Waals surface area contributed by atoms with Gasteiger partial charge in [-0.3, -0.25) is 0 Å². The van der Waals surface area contributed by atoms with E-state index in [0.29, 0.717) is 35.1 Å². The molecule has 0 amide bonds.